The van der Waals surface area contributed by atoms with Crippen LogP contribution in [0.3, 0.4) is 0 Å². The second-order valence-electron chi connectivity index (χ2n) is 4.78. The molecular formula is C15H18BrNO4. The standard InChI is InChI=1S/C15H18BrNO4/c1-9(2)17-15(20)10(3)21-12-5-6-13(16)11(8-12)4-7-14(18)19/h4-10H,1-3H3,(H,17,20)(H,18,19)/b7-4+. The Morgan fingerprint density at radius 2 is 2.00 bits per heavy atom. The topological polar surface area (TPSA) is 75.6 Å². The van der Waals surface area contributed by atoms with E-state index in [2.05, 4.69) is 21.2 Å². The molecule has 0 aromatic heterocycles. The fourth-order valence-electron chi connectivity index (χ4n) is 1.54. The highest BCUT2D eigenvalue weighted by Crippen LogP contribution is 2.24. The molecule has 1 aromatic rings. The highest BCUT2D eigenvalue weighted by Gasteiger charge is 2.15. The summed E-state index contributed by atoms with van der Waals surface area (Å²) in [5, 5.41) is 11.4. The molecule has 0 spiro atoms. The summed E-state index contributed by atoms with van der Waals surface area (Å²) >= 11 is 3.33. The second kappa shape index (κ2) is 7.83. The van der Waals surface area contributed by atoms with Crippen LogP contribution < -0.4 is 10.1 Å². The first-order chi connectivity index (χ1) is 9.79. The van der Waals surface area contributed by atoms with Gasteiger partial charge >= 0.3 is 5.97 Å². The van der Waals surface area contributed by atoms with E-state index in [1.807, 2.05) is 13.8 Å². The molecule has 0 fully saturated rings. The minimum Gasteiger partial charge on any atom is -0.481 e. The maximum Gasteiger partial charge on any atom is 0.328 e. The lowest BCUT2D eigenvalue weighted by atomic mass is 10.2. The van der Waals surface area contributed by atoms with Crippen molar-refractivity contribution in [2.45, 2.75) is 32.9 Å². The van der Waals surface area contributed by atoms with Crippen molar-refractivity contribution in [2.24, 2.45) is 0 Å². The van der Waals surface area contributed by atoms with Gasteiger partial charge in [-0.2, -0.15) is 0 Å². The van der Waals surface area contributed by atoms with E-state index >= 15 is 0 Å². The molecule has 1 aromatic carbocycles. The highest BCUT2D eigenvalue weighted by molar-refractivity contribution is 9.10. The zero-order valence-electron chi connectivity index (χ0n) is 12.1. The summed E-state index contributed by atoms with van der Waals surface area (Å²) in [5.74, 6) is -0.733. The number of benzene rings is 1. The fraction of sp³-hybridized carbons (Fsp3) is 0.333. The molecule has 6 heteroatoms. The Balaban J connectivity index is 2.82. The van der Waals surface area contributed by atoms with Crippen LogP contribution >= 0.6 is 15.9 Å². The summed E-state index contributed by atoms with van der Waals surface area (Å²) in [5.41, 5.74) is 0.659. The first-order valence-corrected chi connectivity index (χ1v) is 7.26. The van der Waals surface area contributed by atoms with E-state index < -0.39 is 12.1 Å². The van der Waals surface area contributed by atoms with Crippen molar-refractivity contribution in [1.82, 2.24) is 5.32 Å². The normalized spacial score (nSPS) is 12.4. The molecule has 0 saturated heterocycles. The van der Waals surface area contributed by atoms with Gasteiger partial charge in [0, 0.05) is 16.6 Å². The van der Waals surface area contributed by atoms with Gasteiger partial charge in [-0.3, -0.25) is 4.79 Å². The molecule has 0 heterocycles. The van der Waals surface area contributed by atoms with Gasteiger partial charge in [-0.1, -0.05) is 15.9 Å². The van der Waals surface area contributed by atoms with Crippen molar-refractivity contribution in [3.8, 4) is 5.75 Å². The van der Waals surface area contributed by atoms with Gasteiger partial charge in [0.25, 0.3) is 5.91 Å². The molecule has 1 unspecified atom stereocenters. The number of hydrogen-bond donors (Lipinski definition) is 2. The summed E-state index contributed by atoms with van der Waals surface area (Å²) in [6, 6.07) is 5.16. The van der Waals surface area contributed by atoms with Crippen LogP contribution in [0.1, 0.15) is 26.3 Å². The van der Waals surface area contributed by atoms with E-state index in [1.54, 1.807) is 25.1 Å². The molecule has 1 atom stereocenters. The van der Waals surface area contributed by atoms with Gasteiger partial charge in [-0.25, -0.2) is 4.79 Å². The van der Waals surface area contributed by atoms with Gasteiger partial charge in [-0.15, -0.1) is 0 Å². The van der Waals surface area contributed by atoms with Gasteiger partial charge in [-0.05, 0) is 50.6 Å². The Morgan fingerprint density at radius 1 is 1.33 bits per heavy atom. The van der Waals surface area contributed by atoms with E-state index in [1.165, 1.54) is 6.08 Å². The minimum absolute atomic E-state index is 0.0440. The molecule has 0 aliphatic carbocycles. The van der Waals surface area contributed by atoms with Crippen LogP contribution in [0.15, 0.2) is 28.7 Å². The number of carbonyl (C=O) groups excluding carboxylic acids is 1. The lowest BCUT2D eigenvalue weighted by Gasteiger charge is -2.17. The van der Waals surface area contributed by atoms with Crippen LogP contribution in [0.2, 0.25) is 0 Å². The first kappa shape index (κ1) is 17.2. The van der Waals surface area contributed by atoms with Crippen LogP contribution in [0.4, 0.5) is 0 Å². The number of amides is 1. The quantitative estimate of drug-likeness (QED) is 0.769. The van der Waals surface area contributed by atoms with E-state index in [-0.39, 0.29) is 11.9 Å². The van der Waals surface area contributed by atoms with E-state index in [9.17, 15) is 9.59 Å². The number of aliphatic carboxylic acids is 1. The maximum absolute atomic E-state index is 11.8. The largest absolute Gasteiger partial charge is 0.481 e. The Labute approximate surface area is 132 Å². The van der Waals surface area contributed by atoms with E-state index in [0.717, 1.165) is 10.5 Å². The Hall–Kier alpha value is -1.82. The van der Waals surface area contributed by atoms with Gasteiger partial charge in [0.05, 0.1) is 0 Å². The zero-order chi connectivity index (χ0) is 16.0. The molecule has 2 N–H and O–H groups in total. The van der Waals surface area contributed by atoms with Crippen LogP contribution in [0.25, 0.3) is 6.08 Å². The van der Waals surface area contributed by atoms with E-state index in [0.29, 0.717) is 11.3 Å². The first-order valence-electron chi connectivity index (χ1n) is 6.47. The van der Waals surface area contributed by atoms with Crippen LogP contribution in [-0.2, 0) is 9.59 Å². The number of carboxylic acids is 1. The molecule has 1 rings (SSSR count). The number of halogens is 1. The summed E-state index contributed by atoms with van der Waals surface area (Å²) in [6.45, 7) is 5.41. The maximum atomic E-state index is 11.8. The highest BCUT2D eigenvalue weighted by atomic mass is 79.9. The van der Waals surface area contributed by atoms with Gasteiger partial charge in [0.2, 0.25) is 0 Å². The third-order valence-electron chi connectivity index (χ3n) is 2.49. The van der Waals surface area contributed by atoms with Crippen LogP contribution in [-0.4, -0.2) is 29.1 Å². The Morgan fingerprint density at radius 3 is 2.57 bits per heavy atom. The van der Waals surface area contributed by atoms with Gasteiger partial charge in [0.15, 0.2) is 6.10 Å². The van der Waals surface area contributed by atoms with Crippen LogP contribution in [0.5, 0.6) is 5.75 Å². The minimum atomic E-state index is -1.03. The fourth-order valence-corrected chi connectivity index (χ4v) is 1.92. The zero-order valence-corrected chi connectivity index (χ0v) is 13.7. The Kier molecular flexibility index (Phi) is 6.42. The monoisotopic (exact) mass is 355 g/mol. The summed E-state index contributed by atoms with van der Waals surface area (Å²) in [4.78, 5) is 22.3. The van der Waals surface area contributed by atoms with Crippen molar-refractivity contribution >= 4 is 33.9 Å². The van der Waals surface area contributed by atoms with Crippen molar-refractivity contribution in [1.29, 1.82) is 0 Å². The molecule has 0 radical (unpaired) electrons. The molecule has 0 saturated carbocycles. The summed E-state index contributed by atoms with van der Waals surface area (Å²) in [6.07, 6.45) is 1.86. The Bertz CT molecular complexity index is 555. The average molecular weight is 356 g/mol. The molecule has 0 bridgehead atoms. The predicted octanol–water partition coefficient (Wildman–Crippen LogP) is 2.84. The van der Waals surface area contributed by atoms with Gasteiger partial charge in [0.1, 0.15) is 5.75 Å². The molecule has 1 amide bonds. The number of carboxylic acid groups (broad SMARTS) is 1. The van der Waals surface area contributed by atoms with Crippen molar-refractivity contribution < 1.29 is 19.4 Å². The van der Waals surface area contributed by atoms with Crippen molar-refractivity contribution in [3.05, 3.63) is 34.3 Å². The lowest BCUT2D eigenvalue weighted by Crippen LogP contribution is -2.40. The lowest BCUT2D eigenvalue weighted by molar-refractivity contribution is -0.131. The second-order valence-corrected chi connectivity index (χ2v) is 5.63. The third-order valence-corrected chi connectivity index (χ3v) is 3.21. The smallest absolute Gasteiger partial charge is 0.328 e. The molecule has 114 valence electrons. The summed E-state index contributed by atoms with van der Waals surface area (Å²) in [7, 11) is 0. The number of rotatable bonds is 6. The summed E-state index contributed by atoms with van der Waals surface area (Å²) < 4.78 is 6.31. The number of hydrogen-bond acceptors (Lipinski definition) is 3. The number of nitrogens with one attached hydrogen (secondary N) is 1. The number of carbonyl (C=O) groups is 2. The molecule has 5 nitrogen and oxygen atoms in total. The van der Waals surface area contributed by atoms with Gasteiger partial charge < -0.3 is 15.2 Å². The van der Waals surface area contributed by atoms with Crippen LogP contribution in [0, 0.1) is 0 Å². The van der Waals surface area contributed by atoms with Crippen molar-refractivity contribution in [2.75, 3.05) is 0 Å². The molecule has 0 aliphatic heterocycles. The number of ether oxygens (including phenoxy) is 1. The third kappa shape index (κ3) is 5.99. The molecular weight excluding hydrogens is 338 g/mol. The van der Waals surface area contributed by atoms with E-state index in [4.69, 9.17) is 9.84 Å². The predicted molar refractivity (Wildman–Crippen MR) is 84.2 cm³/mol. The SMILES string of the molecule is CC(C)NC(=O)C(C)Oc1ccc(Br)c(/C=C/C(=O)O)c1. The van der Waals surface area contributed by atoms with Crippen molar-refractivity contribution in [3.63, 3.8) is 0 Å². The molecule has 21 heavy (non-hydrogen) atoms. The average Bonchev–Trinajstić information content (AvgIpc) is 2.38. The molecule has 0 aliphatic rings.